The number of piperazine rings is 1. The molecule has 2 heterocycles. The van der Waals surface area contributed by atoms with E-state index in [1.807, 2.05) is 31.2 Å². The molecule has 0 radical (unpaired) electrons. The minimum Gasteiger partial charge on any atom is -0.493 e. The first-order valence-electron chi connectivity index (χ1n) is 11.8. The summed E-state index contributed by atoms with van der Waals surface area (Å²) in [6.45, 7) is 12.1. The van der Waals surface area contributed by atoms with Gasteiger partial charge in [0, 0.05) is 38.4 Å². The molecule has 2 aromatic rings. The third-order valence-corrected chi connectivity index (χ3v) is 6.15. The van der Waals surface area contributed by atoms with Crippen molar-refractivity contribution in [3.63, 3.8) is 0 Å². The standard InChI is InChI=1S/C27H33N3O3/c1-5-30-26(31)24(21-9-11-23(12-10-21)33-18-19(2)3)25(27(30)32)29-15-13-28(14-16-29)22-8-6-7-20(4)17-22/h6-12,17,19H,5,13-16,18H2,1-4H3. The minimum atomic E-state index is -0.213. The van der Waals surface area contributed by atoms with E-state index in [1.165, 1.54) is 16.2 Å². The summed E-state index contributed by atoms with van der Waals surface area (Å²) in [7, 11) is 0. The van der Waals surface area contributed by atoms with Gasteiger partial charge in [0.15, 0.2) is 0 Å². The molecule has 174 valence electrons. The van der Waals surface area contributed by atoms with Crippen LogP contribution in [0.5, 0.6) is 5.75 Å². The summed E-state index contributed by atoms with van der Waals surface area (Å²) in [6, 6.07) is 16.0. The number of benzene rings is 2. The number of carbonyl (C=O) groups is 2. The third kappa shape index (κ3) is 4.75. The summed E-state index contributed by atoms with van der Waals surface area (Å²) < 4.78 is 5.79. The van der Waals surface area contributed by atoms with Gasteiger partial charge in [-0.1, -0.05) is 38.1 Å². The van der Waals surface area contributed by atoms with Gasteiger partial charge in [-0.3, -0.25) is 14.5 Å². The van der Waals surface area contributed by atoms with Crippen LogP contribution in [0.1, 0.15) is 31.9 Å². The van der Waals surface area contributed by atoms with E-state index in [0.717, 1.165) is 24.4 Å². The SMILES string of the molecule is CCN1C(=O)C(c2ccc(OCC(C)C)cc2)=C(N2CCN(c3cccc(C)c3)CC2)C1=O. The fourth-order valence-electron chi connectivity index (χ4n) is 4.40. The van der Waals surface area contributed by atoms with Crippen LogP contribution >= 0.6 is 0 Å². The predicted octanol–water partition coefficient (Wildman–Crippen LogP) is 3.95. The van der Waals surface area contributed by atoms with Gasteiger partial charge in [-0.15, -0.1) is 0 Å². The zero-order valence-corrected chi connectivity index (χ0v) is 20.0. The highest BCUT2D eigenvalue weighted by molar-refractivity contribution is 6.35. The molecule has 0 aromatic heterocycles. The summed E-state index contributed by atoms with van der Waals surface area (Å²) in [6.07, 6.45) is 0. The second-order valence-electron chi connectivity index (χ2n) is 9.12. The number of likely N-dealkylation sites (N-methyl/N-ethyl adjacent to an activating group) is 1. The largest absolute Gasteiger partial charge is 0.493 e. The van der Waals surface area contributed by atoms with Crippen LogP contribution in [-0.4, -0.2) is 60.9 Å². The molecule has 2 aliphatic rings. The van der Waals surface area contributed by atoms with Gasteiger partial charge >= 0.3 is 0 Å². The van der Waals surface area contributed by atoms with Crippen LogP contribution in [0, 0.1) is 12.8 Å². The molecule has 0 bridgehead atoms. The molecule has 0 N–H and O–H groups in total. The summed E-state index contributed by atoms with van der Waals surface area (Å²) in [5.74, 6) is 0.797. The molecule has 0 unspecified atom stereocenters. The van der Waals surface area contributed by atoms with Crippen LogP contribution in [0.15, 0.2) is 54.2 Å². The fraction of sp³-hybridized carbons (Fsp3) is 0.407. The first-order chi connectivity index (χ1) is 15.9. The Kier molecular flexibility index (Phi) is 6.72. The molecule has 1 saturated heterocycles. The first-order valence-corrected chi connectivity index (χ1v) is 11.8. The number of hydrogen-bond donors (Lipinski definition) is 0. The number of anilines is 1. The maximum absolute atomic E-state index is 13.2. The molecule has 4 rings (SSSR count). The van der Waals surface area contributed by atoms with Crippen molar-refractivity contribution < 1.29 is 14.3 Å². The van der Waals surface area contributed by atoms with E-state index in [2.05, 4.69) is 54.8 Å². The van der Waals surface area contributed by atoms with Gasteiger partial charge in [-0.2, -0.15) is 0 Å². The number of hydrogen-bond acceptors (Lipinski definition) is 5. The Morgan fingerprint density at radius 3 is 2.18 bits per heavy atom. The smallest absolute Gasteiger partial charge is 0.277 e. The van der Waals surface area contributed by atoms with Crippen molar-refractivity contribution in [3.05, 3.63) is 65.4 Å². The van der Waals surface area contributed by atoms with Gasteiger partial charge in [0.2, 0.25) is 0 Å². The van der Waals surface area contributed by atoms with Crippen molar-refractivity contribution >= 4 is 23.1 Å². The molecule has 6 heteroatoms. The molecule has 0 aliphatic carbocycles. The Bertz CT molecular complexity index is 1050. The molecule has 33 heavy (non-hydrogen) atoms. The van der Waals surface area contributed by atoms with Crippen LogP contribution in [0.25, 0.3) is 5.57 Å². The van der Waals surface area contributed by atoms with E-state index in [4.69, 9.17) is 4.74 Å². The van der Waals surface area contributed by atoms with Gasteiger partial charge in [-0.25, -0.2) is 0 Å². The zero-order valence-electron chi connectivity index (χ0n) is 20.0. The van der Waals surface area contributed by atoms with Gasteiger partial charge in [0.25, 0.3) is 11.8 Å². The number of amides is 2. The number of imide groups is 1. The van der Waals surface area contributed by atoms with Crippen LogP contribution in [0.4, 0.5) is 5.69 Å². The Hall–Kier alpha value is -3.28. The lowest BCUT2D eigenvalue weighted by molar-refractivity contribution is -0.137. The third-order valence-electron chi connectivity index (χ3n) is 6.15. The number of carbonyl (C=O) groups excluding carboxylic acids is 2. The van der Waals surface area contributed by atoms with Crippen molar-refractivity contribution in [1.82, 2.24) is 9.80 Å². The van der Waals surface area contributed by atoms with Crippen LogP contribution < -0.4 is 9.64 Å². The monoisotopic (exact) mass is 447 g/mol. The lowest BCUT2D eigenvalue weighted by Crippen LogP contribution is -2.47. The predicted molar refractivity (Wildman–Crippen MR) is 131 cm³/mol. The summed E-state index contributed by atoms with van der Waals surface area (Å²) in [4.78, 5) is 32.2. The van der Waals surface area contributed by atoms with Crippen LogP contribution in [0.3, 0.4) is 0 Å². The number of ether oxygens (including phenoxy) is 1. The number of aryl methyl sites for hydroxylation is 1. The lowest BCUT2D eigenvalue weighted by atomic mass is 10.0. The molecule has 1 fully saturated rings. The van der Waals surface area contributed by atoms with E-state index >= 15 is 0 Å². The average molecular weight is 448 g/mol. The topological polar surface area (TPSA) is 53.1 Å². The Morgan fingerprint density at radius 2 is 1.58 bits per heavy atom. The number of nitrogens with zero attached hydrogens (tertiary/aromatic N) is 3. The van der Waals surface area contributed by atoms with Gasteiger partial charge in [0.05, 0.1) is 12.2 Å². The molecule has 2 amide bonds. The highest BCUT2D eigenvalue weighted by Gasteiger charge is 2.41. The summed E-state index contributed by atoms with van der Waals surface area (Å²) >= 11 is 0. The van der Waals surface area contributed by atoms with Gasteiger partial charge in [-0.05, 0) is 55.2 Å². The number of rotatable bonds is 7. The molecule has 0 spiro atoms. The molecule has 0 saturated carbocycles. The lowest BCUT2D eigenvalue weighted by Gasteiger charge is -2.37. The molecule has 2 aromatic carbocycles. The normalized spacial score (nSPS) is 16.9. The van der Waals surface area contributed by atoms with Gasteiger partial charge in [0.1, 0.15) is 11.4 Å². The Labute approximate surface area is 196 Å². The van der Waals surface area contributed by atoms with Crippen molar-refractivity contribution in [2.45, 2.75) is 27.7 Å². The molecule has 2 aliphatic heterocycles. The molecular weight excluding hydrogens is 414 g/mol. The quantitative estimate of drug-likeness (QED) is 0.602. The average Bonchev–Trinajstić information content (AvgIpc) is 3.07. The van der Waals surface area contributed by atoms with E-state index < -0.39 is 0 Å². The maximum atomic E-state index is 13.2. The van der Waals surface area contributed by atoms with Crippen molar-refractivity contribution in [2.75, 3.05) is 44.2 Å². The van der Waals surface area contributed by atoms with E-state index in [1.54, 1.807) is 0 Å². The summed E-state index contributed by atoms with van der Waals surface area (Å²) in [5, 5.41) is 0. The van der Waals surface area contributed by atoms with Crippen molar-refractivity contribution in [2.24, 2.45) is 5.92 Å². The van der Waals surface area contributed by atoms with E-state index in [0.29, 0.717) is 43.4 Å². The molecular formula is C27H33N3O3. The van der Waals surface area contributed by atoms with Crippen molar-refractivity contribution in [1.29, 1.82) is 0 Å². The molecule has 0 atom stereocenters. The van der Waals surface area contributed by atoms with Crippen LogP contribution in [0.2, 0.25) is 0 Å². The van der Waals surface area contributed by atoms with Crippen molar-refractivity contribution in [3.8, 4) is 5.75 Å². The molecule has 6 nitrogen and oxygen atoms in total. The van der Waals surface area contributed by atoms with E-state index in [9.17, 15) is 9.59 Å². The van der Waals surface area contributed by atoms with E-state index in [-0.39, 0.29) is 11.8 Å². The second-order valence-corrected chi connectivity index (χ2v) is 9.12. The highest BCUT2D eigenvalue weighted by atomic mass is 16.5. The zero-order chi connectivity index (χ0) is 23.5. The Morgan fingerprint density at radius 1 is 0.909 bits per heavy atom. The van der Waals surface area contributed by atoms with Gasteiger partial charge < -0.3 is 14.5 Å². The van der Waals surface area contributed by atoms with Crippen LogP contribution in [-0.2, 0) is 9.59 Å². The minimum absolute atomic E-state index is 0.193. The first kappa shape index (κ1) is 22.9. The Balaban J connectivity index is 1.58. The summed E-state index contributed by atoms with van der Waals surface area (Å²) in [5.41, 5.74) is 4.22. The second kappa shape index (κ2) is 9.69. The highest BCUT2D eigenvalue weighted by Crippen LogP contribution is 2.33. The fourth-order valence-corrected chi connectivity index (χ4v) is 4.40. The maximum Gasteiger partial charge on any atom is 0.277 e.